The molecule has 2 heterocycles. The van der Waals surface area contributed by atoms with E-state index >= 15 is 0 Å². The van der Waals surface area contributed by atoms with E-state index < -0.39 is 13.0 Å². The predicted molar refractivity (Wildman–Crippen MR) is 110 cm³/mol. The SMILES string of the molecule is Cc1cccnc1CCCc1coc(-c2ccc(OC(C)C)c(OCC(F)F)c2)n1. The molecule has 0 bridgehead atoms. The molecule has 1 aromatic carbocycles. The number of hydrogen-bond acceptors (Lipinski definition) is 5. The van der Waals surface area contributed by atoms with Crippen LogP contribution in [0.2, 0.25) is 0 Å². The van der Waals surface area contributed by atoms with Crippen LogP contribution in [0.5, 0.6) is 11.5 Å². The summed E-state index contributed by atoms with van der Waals surface area (Å²) in [6.07, 6.45) is 3.26. The van der Waals surface area contributed by atoms with Crippen molar-refractivity contribution in [3.63, 3.8) is 0 Å². The lowest BCUT2D eigenvalue weighted by molar-refractivity contribution is 0.0792. The van der Waals surface area contributed by atoms with Gasteiger partial charge < -0.3 is 13.9 Å². The van der Waals surface area contributed by atoms with Gasteiger partial charge in [0.2, 0.25) is 5.89 Å². The molecule has 0 aliphatic heterocycles. The molecule has 30 heavy (non-hydrogen) atoms. The Balaban J connectivity index is 1.68. The number of hydrogen-bond donors (Lipinski definition) is 0. The Morgan fingerprint density at radius 2 is 1.93 bits per heavy atom. The van der Waals surface area contributed by atoms with Crippen LogP contribution in [0.25, 0.3) is 11.5 Å². The van der Waals surface area contributed by atoms with Crippen LogP contribution in [-0.4, -0.2) is 29.1 Å². The molecule has 0 N–H and O–H groups in total. The molecule has 2 aromatic heterocycles. The Bertz CT molecular complexity index is 957. The lowest BCUT2D eigenvalue weighted by Crippen LogP contribution is -2.11. The summed E-state index contributed by atoms with van der Waals surface area (Å²) >= 11 is 0. The fourth-order valence-corrected chi connectivity index (χ4v) is 3.03. The number of ether oxygens (including phenoxy) is 2. The number of alkyl halides is 2. The smallest absolute Gasteiger partial charge is 0.272 e. The Kier molecular flexibility index (Phi) is 7.38. The minimum atomic E-state index is -2.57. The summed E-state index contributed by atoms with van der Waals surface area (Å²) in [5, 5.41) is 0. The van der Waals surface area contributed by atoms with Crippen LogP contribution in [-0.2, 0) is 12.8 Å². The molecular formula is C23H26F2N2O3. The van der Waals surface area contributed by atoms with Crippen LogP contribution in [0.3, 0.4) is 0 Å². The van der Waals surface area contributed by atoms with Crippen molar-refractivity contribution in [2.24, 2.45) is 0 Å². The first-order chi connectivity index (χ1) is 14.4. The maximum Gasteiger partial charge on any atom is 0.272 e. The van der Waals surface area contributed by atoms with Gasteiger partial charge >= 0.3 is 0 Å². The molecular weight excluding hydrogens is 390 g/mol. The maximum atomic E-state index is 12.6. The van der Waals surface area contributed by atoms with Crippen LogP contribution >= 0.6 is 0 Å². The molecule has 3 rings (SSSR count). The molecule has 0 unspecified atom stereocenters. The highest BCUT2D eigenvalue weighted by Crippen LogP contribution is 2.33. The Hall–Kier alpha value is -2.96. The van der Waals surface area contributed by atoms with Crippen molar-refractivity contribution in [1.29, 1.82) is 0 Å². The Labute approximate surface area is 175 Å². The van der Waals surface area contributed by atoms with E-state index in [-0.39, 0.29) is 11.9 Å². The van der Waals surface area contributed by atoms with E-state index in [1.54, 1.807) is 30.7 Å². The third-order valence-electron chi connectivity index (χ3n) is 4.43. The first kappa shape index (κ1) is 21.7. The van der Waals surface area contributed by atoms with Crippen molar-refractivity contribution in [3.8, 4) is 23.0 Å². The van der Waals surface area contributed by atoms with Crippen molar-refractivity contribution in [1.82, 2.24) is 9.97 Å². The van der Waals surface area contributed by atoms with Gasteiger partial charge in [0.15, 0.2) is 11.5 Å². The first-order valence-corrected chi connectivity index (χ1v) is 9.99. The summed E-state index contributed by atoms with van der Waals surface area (Å²) in [6.45, 7) is 5.06. The molecule has 3 aromatic rings. The van der Waals surface area contributed by atoms with Crippen LogP contribution < -0.4 is 9.47 Å². The highest BCUT2D eigenvalue weighted by molar-refractivity contribution is 5.60. The van der Waals surface area contributed by atoms with Crippen LogP contribution in [0, 0.1) is 6.92 Å². The number of halogens is 2. The minimum Gasteiger partial charge on any atom is -0.487 e. The molecule has 0 saturated carbocycles. The summed E-state index contributed by atoms with van der Waals surface area (Å²) in [4.78, 5) is 8.94. The van der Waals surface area contributed by atoms with E-state index in [4.69, 9.17) is 13.9 Å². The zero-order valence-corrected chi connectivity index (χ0v) is 17.4. The molecule has 0 aliphatic rings. The van der Waals surface area contributed by atoms with E-state index in [0.29, 0.717) is 17.2 Å². The standard InChI is InChI=1S/C23H26F2N2O3/c1-15(2)30-20-10-9-17(12-21(20)28-14-22(24)25)23-27-18(13-29-23)7-4-8-19-16(3)6-5-11-26-19/h5-6,9-13,15,22H,4,7-8,14H2,1-3H3. The van der Waals surface area contributed by atoms with Gasteiger partial charge in [0.05, 0.1) is 11.8 Å². The number of pyridine rings is 1. The zero-order valence-electron chi connectivity index (χ0n) is 17.4. The number of rotatable bonds is 10. The highest BCUT2D eigenvalue weighted by Gasteiger charge is 2.15. The topological polar surface area (TPSA) is 57.4 Å². The first-order valence-electron chi connectivity index (χ1n) is 9.99. The van der Waals surface area contributed by atoms with E-state index in [1.165, 1.54) is 5.56 Å². The van der Waals surface area contributed by atoms with Gasteiger partial charge in [-0.2, -0.15) is 0 Å². The van der Waals surface area contributed by atoms with Gasteiger partial charge in [-0.1, -0.05) is 6.07 Å². The summed E-state index contributed by atoms with van der Waals surface area (Å²) < 4.78 is 41.7. The summed E-state index contributed by atoms with van der Waals surface area (Å²) in [5.41, 5.74) is 3.74. The number of benzene rings is 1. The summed E-state index contributed by atoms with van der Waals surface area (Å²) in [5.74, 6) is 1.07. The molecule has 0 fully saturated rings. The molecule has 0 spiro atoms. The van der Waals surface area contributed by atoms with Crippen molar-refractivity contribution in [2.45, 2.75) is 52.6 Å². The molecule has 0 amide bonds. The number of aryl methyl sites for hydroxylation is 3. The maximum absolute atomic E-state index is 12.6. The highest BCUT2D eigenvalue weighted by atomic mass is 19.3. The second-order valence-corrected chi connectivity index (χ2v) is 7.29. The van der Waals surface area contributed by atoms with E-state index in [0.717, 1.165) is 30.7 Å². The summed E-state index contributed by atoms with van der Waals surface area (Å²) in [7, 11) is 0. The number of aromatic nitrogens is 2. The average molecular weight is 416 g/mol. The third-order valence-corrected chi connectivity index (χ3v) is 4.43. The van der Waals surface area contributed by atoms with Crippen LogP contribution in [0.4, 0.5) is 8.78 Å². The quantitative estimate of drug-likeness (QED) is 0.427. The molecule has 0 atom stereocenters. The van der Waals surface area contributed by atoms with Gasteiger partial charge in [-0.05, 0) is 69.9 Å². The lowest BCUT2D eigenvalue weighted by atomic mass is 10.1. The monoisotopic (exact) mass is 416 g/mol. The molecule has 160 valence electrons. The normalized spacial score (nSPS) is 11.3. The van der Waals surface area contributed by atoms with Gasteiger partial charge in [0.25, 0.3) is 6.43 Å². The predicted octanol–water partition coefficient (Wildman–Crippen LogP) is 5.65. The fourth-order valence-electron chi connectivity index (χ4n) is 3.03. The van der Waals surface area contributed by atoms with Crippen molar-refractivity contribution < 1.29 is 22.7 Å². The minimum absolute atomic E-state index is 0.110. The van der Waals surface area contributed by atoms with E-state index in [2.05, 4.69) is 23.0 Å². The zero-order chi connectivity index (χ0) is 21.5. The lowest BCUT2D eigenvalue weighted by Gasteiger charge is -2.15. The van der Waals surface area contributed by atoms with Gasteiger partial charge in [-0.25, -0.2) is 13.8 Å². The van der Waals surface area contributed by atoms with Crippen molar-refractivity contribution in [3.05, 3.63) is 59.7 Å². The van der Waals surface area contributed by atoms with Crippen molar-refractivity contribution in [2.75, 3.05) is 6.61 Å². The number of oxazole rings is 1. The second kappa shape index (κ2) is 10.2. The van der Waals surface area contributed by atoms with Gasteiger partial charge in [-0.15, -0.1) is 0 Å². The molecule has 7 heteroatoms. The molecule has 0 saturated heterocycles. The second-order valence-electron chi connectivity index (χ2n) is 7.29. The van der Waals surface area contributed by atoms with E-state index in [1.807, 2.05) is 19.9 Å². The van der Waals surface area contributed by atoms with E-state index in [9.17, 15) is 8.78 Å². The third kappa shape index (κ3) is 6.02. The van der Waals surface area contributed by atoms with Gasteiger partial charge in [-0.3, -0.25) is 4.98 Å². The number of nitrogens with zero attached hydrogens (tertiary/aromatic N) is 2. The Morgan fingerprint density at radius 1 is 1.10 bits per heavy atom. The van der Waals surface area contributed by atoms with Gasteiger partial charge in [0.1, 0.15) is 12.9 Å². The van der Waals surface area contributed by atoms with Crippen molar-refractivity contribution >= 4 is 0 Å². The Morgan fingerprint density at radius 3 is 2.67 bits per heavy atom. The largest absolute Gasteiger partial charge is 0.487 e. The molecule has 0 radical (unpaired) electrons. The van der Waals surface area contributed by atoms with Gasteiger partial charge in [0, 0.05) is 17.5 Å². The fraction of sp³-hybridized carbons (Fsp3) is 0.391. The average Bonchev–Trinajstić information content (AvgIpc) is 3.17. The molecule has 5 nitrogen and oxygen atoms in total. The van der Waals surface area contributed by atoms with Crippen LogP contribution in [0.1, 0.15) is 37.2 Å². The molecule has 0 aliphatic carbocycles. The summed E-state index contributed by atoms with van der Waals surface area (Å²) in [6, 6.07) is 9.06. The van der Waals surface area contributed by atoms with Crippen LogP contribution in [0.15, 0.2) is 47.2 Å².